The number of H-pyrrole nitrogens is 1. The smallest absolute Gasteiger partial charge is 0.262 e. The molecule has 1 aliphatic rings. The summed E-state index contributed by atoms with van der Waals surface area (Å²) in [7, 11) is 0. The number of nitrogens with zero attached hydrogens (tertiary/aromatic N) is 3. The molecule has 0 amide bonds. The van der Waals surface area contributed by atoms with Crippen LogP contribution in [0.1, 0.15) is 0 Å². The molecule has 3 aromatic rings. The fourth-order valence-electron chi connectivity index (χ4n) is 2.86. The predicted octanol–water partition coefficient (Wildman–Crippen LogP) is 2.55. The third kappa shape index (κ3) is 3.29. The van der Waals surface area contributed by atoms with E-state index in [1.807, 2.05) is 24.3 Å². The van der Waals surface area contributed by atoms with Crippen LogP contribution in [0.25, 0.3) is 10.9 Å². The number of anilines is 3. The number of nitrogens with one attached hydrogen (secondary N) is 2. The SMILES string of the molecule is O=c1[nH]cnc2cc(Cl)nc(Nc3ccc(N4CCOCC4)cc3)c12. The number of fused-ring (bicyclic) bond motifs is 1. The molecule has 1 aliphatic heterocycles. The molecule has 4 rings (SSSR count). The van der Waals surface area contributed by atoms with Gasteiger partial charge in [0.1, 0.15) is 16.4 Å². The molecule has 7 nitrogen and oxygen atoms in total. The number of hydrogen-bond acceptors (Lipinski definition) is 6. The number of rotatable bonds is 3. The Morgan fingerprint density at radius 1 is 1.20 bits per heavy atom. The number of benzene rings is 1. The van der Waals surface area contributed by atoms with Crippen molar-refractivity contribution in [3.8, 4) is 0 Å². The van der Waals surface area contributed by atoms with Gasteiger partial charge in [0.25, 0.3) is 5.56 Å². The van der Waals surface area contributed by atoms with Crippen LogP contribution >= 0.6 is 11.6 Å². The Bertz CT molecular complexity index is 951. The summed E-state index contributed by atoms with van der Waals surface area (Å²) in [4.78, 5) is 25.3. The molecule has 25 heavy (non-hydrogen) atoms. The van der Waals surface area contributed by atoms with E-state index in [1.54, 1.807) is 6.07 Å². The van der Waals surface area contributed by atoms with Crippen molar-refractivity contribution in [1.29, 1.82) is 0 Å². The lowest BCUT2D eigenvalue weighted by atomic mass is 10.2. The van der Waals surface area contributed by atoms with Crippen LogP contribution < -0.4 is 15.8 Å². The Hall–Kier alpha value is -2.64. The molecule has 0 bridgehead atoms. The molecule has 3 heterocycles. The first-order valence-electron chi connectivity index (χ1n) is 7.94. The van der Waals surface area contributed by atoms with E-state index in [9.17, 15) is 4.79 Å². The average molecular weight is 358 g/mol. The van der Waals surface area contributed by atoms with Gasteiger partial charge >= 0.3 is 0 Å². The maximum atomic E-state index is 12.1. The topological polar surface area (TPSA) is 83.1 Å². The third-order valence-corrected chi connectivity index (χ3v) is 4.29. The molecule has 1 fully saturated rings. The van der Waals surface area contributed by atoms with Crippen LogP contribution in [0.15, 0.2) is 41.5 Å². The molecule has 0 saturated carbocycles. The summed E-state index contributed by atoms with van der Waals surface area (Å²) < 4.78 is 5.37. The molecule has 0 spiro atoms. The van der Waals surface area contributed by atoms with E-state index in [4.69, 9.17) is 16.3 Å². The van der Waals surface area contributed by atoms with Gasteiger partial charge in [-0.2, -0.15) is 0 Å². The molecule has 128 valence electrons. The quantitative estimate of drug-likeness (QED) is 0.701. The second kappa shape index (κ2) is 6.70. The fraction of sp³-hybridized carbons (Fsp3) is 0.235. The van der Waals surface area contributed by atoms with Gasteiger partial charge in [0, 0.05) is 30.5 Å². The van der Waals surface area contributed by atoms with Gasteiger partial charge in [-0.25, -0.2) is 9.97 Å². The number of aromatic nitrogens is 3. The Morgan fingerprint density at radius 2 is 1.96 bits per heavy atom. The van der Waals surface area contributed by atoms with E-state index in [0.717, 1.165) is 37.7 Å². The van der Waals surface area contributed by atoms with E-state index in [-0.39, 0.29) is 10.7 Å². The van der Waals surface area contributed by atoms with Gasteiger partial charge in [-0.3, -0.25) is 4.79 Å². The van der Waals surface area contributed by atoms with Crippen molar-refractivity contribution in [2.75, 3.05) is 36.5 Å². The molecule has 1 saturated heterocycles. The molecular weight excluding hydrogens is 342 g/mol. The second-order valence-electron chi connectivity index (χ2n) is 5.69. The number of morpholine rings is 1. The highest BCUT2D eigenvalue weighted by molar-refractivity contribution is 6.30. The predicted molar refractivity (Wildman–Crippen MR) is 97.9 cm³/mol. The van der Waals surface area contributed by atoms with Gasteiger partial charge in [-0.05, 0) is 24.3 Å². The summed E-state index contributed by atoms with van der Waals surface area (Å²) in [5.74, 6) is 0.385. The Morgan fingerprint density at radius 3 is 2.72 bits per heavy atom. The highest BCUT2D eigenvalue weighted by atomic mass is 35.5. The molecule has 2 aromatic heterocycles. The van der Waals surface area contributed by atoms with Crippen LogP contribution in [0, 0.1) is 0 Å². The number of halogens is 1. The average Bonchev–Trinajstić information content (AvgIpc) is 2.63. The van der Waals surface area contributed by atoms with E-state index in [1.165, 1.54) is 6.33 Å². The summed E-state index contributed by atoms with van der Waals surface area (Å²) in [6.45, 7) is 3.25. The zero-order chi connectivity index (χ0) is 17.2. The second-order valence-corrected chi connectivity index (χ2v) is 6.08. The van der Waals surface area contributed by atoms with Crippen molar-refractivity contribution in [3.63, 3.8) is 0 Å². The summed E-state index contributed by atoms with van der Waals surface area (Å²) in [5, 5.41) is 3.81. The zero-order valence-electron chi connectivity index (χ0n) is 13.3. The van der Waals surface area contributed by atoms with E-state index < -0.39 is 0 Å². The standard InChI is InChI=1S/C17H16ClN5O2/c18-14-9-13-15(17(24)20-10-19-13)16(22-14)21-11-1-3-12(4-2-11)23-5-7-25-8-6-23/h1-4,9-10H,5-8H2,(H,21,22)(H,19,20,24). The fourth-order valence-corrected chi connectivity index (χ4v) is 3.05. The van der Waals surface area contributed by atoms with Gasteiger partial charge in [0.05, 0.1) is 25.1 Å². The minimum atomic E-state index is -0.262. The van der Waals surface area contributed by atoms with Gasteiger partial charge in [0.2, 0.25) is 0 Å². The van der Waals surface area contributed by atoms with E-state index in [0.29, 0.717) is 16.7 Å². The van der Waals surface area contributed by atoms with Gasteiger partial charge < -0.3 is 19.9 Å². The molecule has 8 heteroatoms. The van der Waals surface area contributed by atoms with Crippen LogP contribution in [0.2, 0.25) is 5.15 Å². The van der Waals surface area contributed by atoms with Crippen molar-refractivity contribution in [2.24, 2.45) is 0 Å². The first-order chi connectivity index (χ1) is 12.2. The maximum Gasteiger partial charge on any atom is 0.262 e. The first kappa shape index (κ1) is 15.9. The summed E-state index contributed by atoms with van der Waals surface area (Å²) in [5.41, 5.74) is 2.19. The van der Waals surface area contributed by atoms with Crippen molar-refractivity contribution >= 4 is 39.7 Å². The van der Waals surface area contributed by atoms with Crippen molar-refractivity contribution < 1.29 is 4.74 Å². The molecule has 2 N–H and O–H groups in total. The molecule has 0 atom stereocenters. The monoisotopic (exact) mass is 357 g/mol. The number of hydrogen-bond donors (Lipinski definition) is 2. The van der Waals surface area contributed by atoms with Gasteiger partial charge in [0.15, 0.2) is 0 Å². The van der Waals surface area contributed by atoms with Crippen molar-refractivity contribution in [2.45, 2.75) is 0 Å². The molecule has 0 unspecified atom stereocenters. The van der Waals surface area contributed by atoms with Crippen LogP contribution in [-0.4, -0.2) is 41.3 Å². The van der Waals surface area contributed by atoms with Crippen LogP contribution in [0.3, 0.4) is 0 Å². The summed E-state index contributed by atoms with van der Waals surface area (Å²) >= 11 is 6.05. The van der Waals surface area contributed by atoms with E-state index >= 15 is 0 Å². The zero-order valence-corrected chi connectivity index (χ0v) is 14.1. The lowest BCUT2D eigenvalue weighted by Gasteiger charge is -2.28. The lowest BCUT2D eigenvalue weighted by molar-refractivity contribution is 0.122. The molecule has 0 radical (unpaired) electrons. The Kier molecular flexibility index (Phi) is 4.25. The van der Waals surface area contributed by atoms with Gasteiger partial charge in [-0.15, -0.1) is 0 Å². The highest BCUT2D eigenvalue weighted by Gasteiger charge is 2.12. The summed E-state index contributed by atoms with van der Waals surface area (Å²) in [6.07, 6.45) is 1.35. The molecule has 0 aliphatic carbocycles. The number of pyridine rings is 1. The lowest BCUT2D eigenvalue weighted by Crippen LogP contribution is -2.36. The van der Waals surface area contributed by atoms with Crippen molar-refractivity contribution in [1.82, 2.24) is 15.0 Å². The minimum Gasteiger partial charge on any atom is -0.378 e. The highest BCUT2D eigenvalue weighted by Crippen LogP contribution is 2.25. The number of ether oxygens (including phenoxy) is 1. The van der Waals surface area contributed by atoms with Crippen LogP contribution in [0.4, 0.5) is 17.2 Å². The molecule has 1 aromatic carbocycles. The van der Waals surface area contributed by atoms with Crippen LogP contribution in [0.5, 0.6) is 0 Å². The third-order valence-electron chi connectivity index (χ3n) is 4.10. The first-order valence-corrected chi connectivity index (χ1v) is 8.32. The normalized spacial score (nSPS) is 14.7. The molecular formula is C17H16ClN5O2. The van der Waals surface area contributed by atoms with Gasteiger partial charge in [-0.1, -0.05) is 11.6 Å². The number of aromatic amines is 1. The van der Waals surface area contributed by atoms with E-state index in [2.05, 4.69) is 25.2 Å². The minimum absolute atomic E-state index is 0.262. The maximum absolute atomic E-state index is 12.1. The van der Waals surface area contributed by atoms with Crippen molar-refractivity contribution in [3.05, 3.63) is 52.2 Å². The Labute approximate surface area is 148 Å². The van der Waals surface area contributed by atoms with Crippen LogP contribution in [-0.2, 0) is 4.74 Å². The largest absolute Gasteiger partial charge is 0.378 e. The Balaban J connectivity index is 1.64. The summed E-state index contributed by atoms with van der Waals surface area (Å²) in [6, 6.07) is 9.53.